The lowest BCUT2D eigenvalue weighted by Crippen LogP contribution is -2.17. The molecular formula is C20H16N2O5S. The van der Waals surface area contributed by atoms with E-state index in [2.05, 4.69) is 10.5 Å². The van der Waals surface area contributed by atoms with Crippen LogP contribution in [0, 0.1) is 0 Å². The summed E-state index contributed by atoms with van der Waals surface area (Å²) in [6, 6.07) is 20.1. The third-order valence-corrected chi connectivity index (χ3v) is 4.91. The van der Waals surface area contributed by atoms with Crippen LogP contribution in [0.25, 0.3) is 0 Å². The highest BCUT2D eigenvalue weighted by Crippen LogP contribution is 2.19. The van der Waals surface area contributed by atoms with Gasteiger partial charge in [0.05, 0.1) is 11.8 Å². The van der Waals surface area contributed by atoms with Crippen molar-refractivity contribution in [3.63, 3.8) is 0 Å². The van der Waals surface area contributed by atoms with Crippen molar-refractivity contribution in [1.29, 1.82) is 0 Å². The molecule has 28 heavy (non-hydrogen) atoms. The molecule has 3 aromatic carbocycles. The quantitative estimate of drug-likeness (QED) is 0.379. The lowest BCUT2D eigenvalue weighted by molar-refractivity contribution is 0.0952. The van der Waals surface area contributed by atoms with Gasteiger partial charge in [-0.05, 0) is 54.1 Å². The van der Waals surface area contributed by atoms with Crippen LogP contribution in [0.2, 0.25) is 0 Å². The first-order chi connectivity index (χ1) is 13.5. The molecule has 0 aliphatic rings. The van der Waals surface area contributed by atoms with Crippen LogP contribution in [0.15, 0.2) is 88.9 Å². The molecule has 0 aliphatic carbocycles. The predicted molar refractivity (Wildman–Crippen MR) is 104 cm³/mol. The average Bonchev–Trinajstić information content (AvgIpc) is 2.70. The van der Waals surface area contributed by atoms with Gasteiger partial charge in [0.2, 0.25) is 0 Å². The second-order valence-corrected chi connectivity index (χ2v) is 7.18. The number of phenols is 1. The third-order valence-electron chi connectivity index (χ3n) is 3.65. The SMILES string of the molecule is O=C(N/N=C/c1ccc(OS(=O)(=O)c2ccccc2)cc1)c1ccccc1O. The van der Waals surface area contributed by atoms with Crippen molar-refractivity contribution in [2.45, 2.75) is 4.90 Å². The van der Waals surface area contributed by atoms with Crippen molar-refractivity contribution >= 4 is 22.2 Å². The number of hydrazone groups is 1. The standard InChI is InChI=1S/C20H16N2O5S/c23-19-9-5-4-8-18(19)20(24)22-21-14-15-10-12-16(13-11-15)27-28(25,26)17-6-2-1-3-7-17/h1-14,23H,(H,22,24)/b21-14+. The lowest BCUT2D eigenvalue weighted by Gasteiger charge is -2.07. The van der Waals surface area contributed by atoms with Gasteiger partial charge >= 0.3 is 10.1 Å². The fourth-order valence-electron chi connectivity index (χ4n) is 2.26. The van der Waals surface area contributed by atoms with Crippen LogP contribution >= 0.6 is 0 Å². The highest BCUT2D eigenvalue weighted by molar-refractivity contribution is 7.87. The first-order valence-electron chi connectivity index (χ1n) is 8.17. The van der Waals surface area contributed by atoms with E-state index in [1.807, 2.05) is 0 Å². The fraction of sp³-hybridized carbons (Fsp3) is 0. The Balaban J connectivity index is 1.62. The molecule has 0 saturated carbocycles. The summed E-state index contributed by atoms with van der Waals surface area (Å²) in [5, 5.41) is 13.4. The molecule has 0 aliphatic heterocycles. The van der Waals surface area contributed by atoms with E-state index in [4.69, 9.17) is 4.18 Å². The van der Waals surface area contributed by atoms with Crippen LogP contribution in [-0.2, 0) is 10.1 Å². The molecule has 0 saturated heterocycles. The van der Waals surface area contributed by atoms with Gasteiger partial charge in [0, 0.05) is 0 Å². The van der Waals surface area contributed by atoms with Gasteiger partial charge in [0.15, 0.2) is 0 Å². The maximum Gasteiger partial charge on any atom is 0.339 e. The number of para-hydroxylation sites is 1. The maximum absolute atomic E-state index is 12.2. The summed E-state index contributed by atoms with van der Waals surface area (Å²) in [4.78, 5) is 12.0. The van der Waals surface area contributed by atoms with E-state index in [1.54, 1.807) is 42.5 Å². The van der Waals surface area contributed by atoms with E-state index >= 15 is 0 Å². The average molecular weight is 396 g/mol. The van der Waals surface area contributed by atoms with Crippen LogP contribution in [-0.4, -0.2) is 25.6 Å². The number of rotatable bonds is 6. The van der Waals surface area contributed by atoms with Gasteiger partial charge in [-0.3, -0.25) is 4.79 Å². The number of benzene rings is 3. The highest BCUT2D eigenvalue weighted by atomic mass is 32.2. The summed E-state index contributed by atoms with van der Waals surface area (Å²) in [7, 11) is -3.90. The second-order valence-electron chi connectivity index (χ2n) is 5.64. The second kappa shape index (κ2) is 8.36. The van der Waals surface area contributed by atoms with Gasteiger partial charge in [0.1, 0.15) is 16.4 Å². The fourth-order valence-corrected chi connectivity index (χ4v) is 3.21. The molecule has 0 atom stereocenters. The first-order valence-corrected chi connectivity index (χ1v) is 9.57. The van der Waals surface area contributed by atoms with Gasteiger partial charge in [0.25, 0.3) is 5.91 Å². The Kier molecular flexibility index (Phi) is 5.71. The number of amides is 1. The molecule has 0 unspecified atom stereocenters. The van der Waals surface area contributed by atoms with E-state index in [0.29, 0.717) is 5.56 Å². The predicted octanol–water partition coefficient (Wildman–Crippen LogP) is 2.92. The number of hydrogen-bond donors (Lipinski definition) is 2. The zero-order valence-corrected chi connectivity index (χ0v) is 15.3. The summed E-state index contributed by atoms with van der Waals surface area (Å²) < 4.78 is 29.4. The normalized spacial score (nSPS) is 11.3. The Hall–Kier alpha value is -3.65. The summed E-state index contributed by atoms with van der Waals surface area (Å²) in [5.41, 5.74) is 3.03. The van der Waals surface area contributed by atoms with Gasteiger partial charge in [-0.2, -0.15) is 13.5 Å². The van der Waals surface area contributed by atoms with E-state index in [9.17, 15) is 18.3 Å². The van der Waals surface area contributed by atoms with Gasteiger partial charge in [-0.25, -0.2) is 5.43 Å². The van der Waals surface area contributed by atoms with E-state index in [-0.39, 0.29) is 22.0 Å². The molecule has 0 bridgehead atoms. The Morgan fingerprint density at radius 3 is 2.25 bits per heavy atom. The van der Waals surface area contributed by atoms with Crippen molar-refractivity contribution in [2.24, 2.45) is 5.10 Å². The Labute approximate surface area is 162 Å². The zero-order chi connectivity index (χ0) is 20.0. The van der Waals surface area contributed by atoms with Gasteiger partial charge < -0.3 is 9.29 Å². The monoisotopic (exact) mass is 396 g/mol. The smallest absolute Gasteiger partial charge is 0.339 e. The number of phenolic OH excluding ortho intramolecular Hbond substituents is 1. The summed E-state index contributed by atoms with van der Waals surface area (Å²) in [6.45, 7) is 0. The Morgan fingerprint density at radius 2 is 1.57 bits per heavy atom. The Bertz CT molecular complexity index is 1090. The summed E-state index contributed by atoms with van der Waals surface area (Å²) in [5.74, 6) is -0.543. The van der Waals surface area contributed by atoms with Crippen molar-refractivity contribution in [1.82, 2.24) is 5.43 Å². The van der Waals surface area contributed by atoms with E-state index in [0.717, 1.165) is 0 Å². The van der Waals surface area contributed by atoms with Gasteiger partial charge in [-0.15, -0.1) is 0 Å². The molecular weight excluding hydrogens is 380 g/mol. The van der Waals surface area contributed by atoms with Crippen LogP contribution in [0.5, 0.6) is 11.5 Å². The van der Waals surface area contributed by atoms with E-state index < -0.39 is 16.0 Å². The molecule has 1 amide bonds. The Morgan fingerprint density at radius 1 is 0.929 bits per heavy atom. The van der Waals surface area contributed by atoms with Crippen LogP contribution < -0.4 is 9.61 Å². The van der Waals surface area contributed by atoms with Crippen LogP contribution in [0.3, 0.4) is 0 Å². The van der Waals surface area contributed by atoms with Crippen molar-refractivity contribution in [3.8, 4) is 11.5 Å². The molecule has 0 spiro atoms. The molecule has 142 valence electrons. The highest BCUT2D eigenvalue weighted by Gasteiger charge is 2.15. The molecule has 0 heterocycles. The largest absolute Gasteiger partial charge is 0.507 e. The molecule has 8 heteroatoms. The third kappa shape index (κ3) is 4.74. The van der Waals surface area contributed by atoms with Crippen molar-refractivity contribution in [3.05, 3.63) is 90.0 Å². The number of nitrogens with zero attached hydrogens (tertiary/aromatic N) is 1. The molecule has 0 radical (unpaired) electrons. The minimum Gasteiger partial charge on any atom is -0.507 e. The summed E-state index contributed by atoms with van der Waals surface area (Å²) in [6.07, 6.45) is 1.38. The van der Waals surface area contributed by atoms with Gasteiger partial charge in [-0.1, -0.05) is 30.3 Å². The zero-order valence-electron chi connectivity index (χ0n) is 14.5. The number of aromatic hydroxyl groups is 1. The number of carbonyl (C=O) groups is 1. The minimum absolute atomic E-state index is 0.0625. The van der Waals surface area contributed by atoms with Crippen molar-refractivity contribution in [2.75, 3.05) is 0 Å². The number of hydrogen-bond acceptors (Lipinski definition) is 6. The summed E-state index contributed by atoms with van der Waals surface area (Å²) >= 11 is 0. The van der Waals surface area contributed by atoms with E-state index in [1.165, 1.54) is 42.6 Å². The van der Waals surface area contributed by atoms with Crippen LogP contribution in [0.4, 0.5) is 0 Å². The first kappa shape index (κ1) is 19.1. The topological polar surface area (TPSA) is 105 Å². The molecule has 0 fully saturated rings. The maximum atomic E-state index is 12.2. The molecule has 3 aromatic rings. The number of carbonyl (C=O) groups excluding carboxylic acids is 1. The molecule has 2 N–H and O–H groups in total. The number of nitrogens with one attached hydrogen (secondary N) is 1. The van der Waals surface area contributed by atoms with Crippen LogP contribution in [0.1, 0.15) is 15.9 Å². The van der Waals surface area contributed by atoms with Crippen molar-refractivity contribution < 1.29 is 22.5 Å². The molecule has 7 nitrogen and oxygen atoms in total. The minimum atomic E-state index is -3.90. The molecule has 0 aromatic heterocycles. The molecule has 3 rings (SSSR count). The lowest BCUT2D eigenvalue weighted by atomic mass is 10.2.